The smallest absolute Gasteiger partial charge is 0.336 e. The first-order valence-electron chi connectivity index (χ1n) is 8.67. The highest BCUT2D eigenvalue weighted by atomic mass is 16.4. The molecule has 5 nitrogen and oxygen atoms in total. The van der Waals surface area contributed by atoms with Crippen LogP contribution in [0.15, 0.2) is 27.4 Å². The van der Waals surface area contributed by atoms with Crippen LogP contribution >= 0.6 is 0 Å². The number of hydrogen-bond donors (Lipinski definition) is 1. The topological polar surface area (TPSA) is 62.6 Å². The normalized spacial score (nSPS) is 12.0. The average Bonchev–Trinajstić information content (AvgIpc) is 2.48. The van der Waals surface area contributed by atoms with Gasteiger partial charge < -0.3 is 9.73 Å². The first kappa shape index (κ1) is 19.2. The summed E-state index contributed by atoms with van der Waals surface area (Å²) in [5.41, 5.74) is 2.98. The van der Waals surface area contributed by atoms with Crippen molar-refractivity contribution in [1.82, 2.24) is 10.2 Å². The van der Waals surface area contributed by atoms with Crippen molar-refractivity contribution < 1.29 is 9.21 Å². The minimum atomic E-state index is -0.355. The molecule has 0 saturated carbocycles. The predicted molar refractivity (Wildman–Crippen MR) is 101 cm³/mol. The molecule has 2 aromatic rings. The van der Waals surface area contributed by atoms with E-state index in [1.165, 1.54) is 6.07 Å². The number of fused-ring (bicyclic) bond motifs is 1. The Kier molecular flexibility index (Phi) is 5.68. The van der Waals surface area contributed by atoms with Crippen LogP contribution in [-0.4, -0.2) is 29.4 Å². The summed E-state index contributed by atoms with van der Waals surface area (Å²) in [4.78, 5) is 26.2. The zero-order valence-corrected chi connectivity index (χ0v) is 16.0. The zero-order chi connectivity index (χ0) is 18.8. The fraction of sp³-hybridized carbons (Fsp3) is 0.500. The Morgan fingerprint density at radius 3 is 2.52 bits per heavy atom. The molecule has 0 atom stereocenters. The molecule has 0 fully saturated rings. The van der Waals surface area contributed by atoms with E-state index in [1.54, 1.807) is 0 Å². The number of carbonyl (C=O) groups excluding carboxylic acids is 1. The third-order valence-electron chi connectivity index (χ3n) is 4.24. The van der Waals surface area contributed by atoms with Gasteiger partial charge in [0.15, 0.2) is 0 Å². The molecule has 0 spiro atoms. The van der Waals surface area contributed by atoms with Crippen LogP contribution in [0.4, 0.5) is 0 Å². The van der Waals surface area contributed by atoms with Gasteiger partial charge in [-0.25, -0.2) is 4.79 Å². The van der Waals surface area contributed by atoms with Gasteiger partial charge in [0.05, 0.1) is 6.54 Å². The Morgan fingerprint density at radius 2 is 1.92 bits per heavy atom. The van der Waals surface area contributed by atoms with E-state index in [2.05, 4.69) is 5.32 Å². The van der Waals surface area contributed by atoms with Crippen LogP contribution in [0.25, 0.3) is 11.0 Å². The van der Waals surface area contributed by atoms with Crippen LogP contribution in [0, 0.1) is 13.8 Å². The average molecular weight is 344 g/mol. The molecule has 1 amide bonds. The molecule has 2 rings (SSSR count). The Hall–Kier alpha value is -2.14. The number of nitrogens with zero attached hydrogens (tertiary/aromatic N) is 1. The van der Waals surface area contributed by atoms with Gasteiger partial charge in [-0.15, -0.1) is 0 Å². The maximum atomic E-state index is 12.2. The van der Waals surface area contributed by atoms with Crippen LogP contribution in [-0.2, 0) is 11.3 Å². The van der Waals surface area contributed by atoms with Gasteiger partial charge in [0.1, 0.15) is 5.58 Å². The number of carbonyl (C=O) groups is 1. The molecule has 25 heavy (non-hydrogen) atoms. The number of likely N-dealkylation sites (N-methyl/N-ethyl adjacent to an activating group) is 1. The highest BCUT2D eigenvalue weighted by Crippen LogP contribution is 2.24. The number of aryl methyl sites for hydroxylation is 2. The summed E-state index contributed by atoms with van der Waals surface area (Å²) in [5.74, 6) is -0.0198. The van der Waals surface area contributed by atoms with Gasteiger partial charge in [0.2, 0.25) is 5.91 Å². The molecule has 1 heterocycles. The van der Waals surface area contributed by atoms with Gasteiger partial charge in [-0.1, -0.05) is 19.1 Å². The number of benzene rings is 1. The quantitative estimate of drug-likeness (QED) is 0.847. The van der Waals surface area contributed by atoms with Crippen molar-refractivity contribution in [3.8, 4) is 0 Å². The van der Waals surface area contributed by atoms with Gasteiger partial charge in [0, 0.05) is 23.5 Å². The lowest BCUT2D eigenvalue weighted by Crippen LogP contribution is -2.45. The van der Waals surface area contributed by atoms with Gasteiger partial charge in [-0.3, -0.25) is 9.69 Å². The van der Waals surface area contributed by atoms with E-state index in [1.807, 2.05) is 58.6 Å². The third-order valence-corrected chi connectivity index (χ3v) is 4.24. The van der Waals surface area contributed by atoms with E-state index in [4.69, 9.17) is 4.42 Å². The van der Waals surface area contributed by atoms with Gasteiger partial charge in [-0.05, 0) is 57.9 Å². The van der Waals surface area contributed by atoms with Gasteiger partial charge >= 0.3 is 5.63 Å². The highest BCUT2D eigenvalue weighted by molar-refractivity contribution is 5.84. The van der Waals surface area contributed by atoms with Crippen LogP contribution in [0.5, 0.6) is 0 Å². The fourth-order valence-corrected chi connectivity index (χ4v) is 2.84. The van der Waals surface area contributed by atoms with Crippen molar-refractivity contribution in [2.75, 3.05) is 13.1 Å². The first-order valence-corrected chi connectivity index (χ1v) is 8.67. The molecule has 1 N–H and O–H groups in total. The Morgan fingerprint density at radius 1 is 1.24 bits per heavy atom. The number of rotatable bonds is 5. The zero-order valence-electron chi connectivity index (χ0n) is 16.0. The van der Waals surface area contributed by atoms with Crippen LogP contribution in [0.3, 0.4) is 0 Å². The molecule has 0 aliphatic rings. The molecular formula is C20H28N2O3. The summed E-state index contributed by atoms with van der Waals surface area (Å²) in [6.07, 6.45) is 0. The summed E-state index contributed by atoms with van der Waals surface area (Å²) in [6.45, 7) is 13.4. The predicted octanol–water partition coefficient (Wildman–Crippen LogP) is 3.15. The standard InChI is InChI=1S/C20H28N2O3/c1-7-22(12-17(23)21-20(4,5)6)11-15-10-18(24)25-19-14(3)13(2)8-9-16(15)19/h8-10H,7,11-12H2,1-6H3,(H,21,23). The monoisotopic (exact) mass is 344 g/mol. The van der Waals surface area contributed by atoms with E-state index in [0.29, 0.717) is 25.2 Å². The molecule has 5 heteroatoms. The second-order valence-corrected chi connectivity index (χ2v) is 7.58. The molecular weight excluding hydrogens is 316 g/mol. The lowest BCUT2D eigenvalue weighted by Gasteiger charge is -2.25. The summed E-state index contributed by atoms with van der Waals surface area (Å²) < 4.78 is 5.42. The molecule has 0 saturated heterocycles. The molecule has 1 aromatic carbocycles. The van der Waals surface area contributed by atoms with Crippen molar-refractivity contribution in [3.63, 3.8) is 0 Å². The van der Waals surface area contributed by atoms with Crippen molar-refractivity contribution in [1.29, 1.82) is 0 Å². The second-order valence-electron chi connectivity index (χ2n) is 7.58. The van der Waals surface area contributed by atoms with E-state index in [9.17, 15) is 9.59 Å². The molecule has 0 radical (unpaired) electrons. The van der Waals surface area contributed by atoms with Crippen LogP contribution < -0.4 is 10.9 Å². The number of hydrogen-bond acceptors (Lipinski definition) is 4. The number of amides is 1. The third kappa shape index (κ3) is 4.92. The maximum Gasteiger partial charge on any atom is 0.336 e. The lowest BCUT2D eigenvalue weighted by atomic mass is 10.0. The Bertz CT molecular complexity index is 831. The highest BCUT2D eigenvalue weighted by Gasteiger charge is 2.18. The molecule has 0 bridgehead atoms. The first-order chi connectivity index (χ1) is 11.6. The molecule has 136 valence electrons. The van der Waals surface area contributed by atoms with Crippen LogP contribution in [0.1, 0.15) is 44.4 Å². The summed E-state index contributed by atoms with van der Waals surface area (Å²) in [5, 5.41) is 3.90. The van der Waals surface area contributed by atoms with Gasteiger partial charge in [0.25, 0.3) is 0 Å². The molecule has 0 unspecified atom stereocenters. The summed E-state index contributed by atoms with van der Waals surface area (Å²) in [6, 6.07) is 5.55. The van der Waals surface area contributed by atoms with Crippen molar-refractivity contribution >= 4 is 16.9 Å². The molecule has 1 aromatic heterocycles. The van der Waals surface area contributed by atoms with Crippen molar-refractivity contribution in [2.24, 2.45) is 0 Å². The van der Waals surface area contributed by atoms with E-state index < -0.39 is 0 Å². The van der Waals surface area contributed by atoms with Gasteiger partial charge in [-0.2, -0.15) is 0 Å². The Balaban J connectivity index is 2.30. The summed E-state index contributed by atoms with van der Waals surface area (Å²) in [7, 11) is 0. The largest absolute Gasteiger partial charge is 0.422 e. The van der Waals surface area contributed by atoms with Crippen molar-refractivity contribution in [2.45, 2.75) is 53.6 Å². The Labute approximate surface area is 149 Å². The molecule has 0 aliphatic carbocycles. The van der Waals surface area contributed by atoms with E-state index >= 15 is 0 Å². The van der Waals surface area contributed by atoms with Crippen molar-refractivity contribution in [3.05, 3.63) is 45.3 Å². The fourth-order valence-electron chi connectivity index (χ4n) is 2.84. The SMILES string of the molecule is CCN(CC(=O)NC(C)(C)C)Cc1cc(=O)oc2c(C)c(C)ccc12. The van der Waals surface area contributed by atoms with E-state index in [-0.39, 0.29) is 17.1 Å². The van der Waals surface area contributed by atoms with Crippen LogP contribution in [0.2, 0.25) is 0 Å². The number of nitrogens with one attached hydrogen (secondary N) is 1. The molecule has 0 aliphatic heterocycles. The minimum absolute atomic E-state index is 0.0198. The lowest BCUT2D eigenvalue weighted by molar-refractivity contribution is -0.123. The minimum Gasteiger partial charge on any atom is -0.422 e. The maximum absolute atomic E-state index is 12.2. The van der Waals surface area contributed by atoms with E-state index in [0.717, 1.165) is 22.1 Å². The summed E-state index contributed by atoms with van der Waals surface area (Å²) >= 11 is 0. The second kappa shape index (κ2) is 7.40.